The van der Waals surface area contributed by atoms with Crippen molar-refractivity contribution in [3.8, 4) is 0 Å². The molecule has 1 N–H and O–H groups in total. The molecule has 0 aliphatic carbocycles. The zero-order chi connectivity index (χ0) is 16.4. The number of rotatable bonds is 5. The van der Waals surface area contributed by atoms with Gasteiger partial charge in [-0.2, -0.15) is 5.10 Å². The van der Waals surface area contributed by atoms with Crippen molar-refractivity contribution in [3.05, 3.63) is 58.5 Å². The molecule has 1 aromatic carbocycles. The van der Waals surface area contributed by atoms with Gasteiger partial charge in [-0.25, -0.2) is 18.3 Å². The number of benzene rings is 1. The van der Waals surface area contributed by atoms with Crippen LogP contribution in [0.15, 0.2) is 41.3 Å². The first-order valence-electron chi connectivity index (χ1n) is 7.29. The minimum absolute atomic E-state index is 0.297. The van der Waals surface area contributed by atoms with E-state index in [1.807, 2.05) is 6.92 Å². The average molecular weight is 381 g/mol. The van der Waals surface area contributed by atoms with Crippen molar-refractivity contribution in [2.75, 3.05) is 5.32 Å². The maximum atomic E-state index is 14.1. The Morgan fingerprint density at radius 3 is 2.96 bits per heavy atom. The van der Waals surface area contributed by atoms with Crippen molar-refractivity contribution in [1.29, 1.82) is 0 Å². The average Bonchev–Trinajstić information content (AvgIpc) is 2.92. The first-order chi connectivity index (χ1) is 11.1. The van der Waals surface area contributed by atoms with Gasteiger partial charge < -0.3 is 5.32 Å². The summed E-state index contributed by atoms with van der Waals surface area (Å²) in [6.07, 6.45) is 6.47. The van der Waals surface area contributed by atoms with Gasteiger partial charge in [-0.3, -0.25) is 0 Å². The lowest BCUT2D eigenvalue weighted by Gasteiger charge is -2.20. The summed E-state index contributed by atoms with van der Waals surface area (Å²) in [6, 6.07) is 3.12. The number of nitrogens with one attached hydrogen (secondary N) is 1. The van der Waals surface area contributed by atoms with Crippen LogP contribution in [0.3, 0.4) is 0 Å². The maximum absolute atomic E-state index is 14.1. The molecule has 0 spiro atoms. The Morgan fingerprint density at radius 2 is 2.17 bits per heavy atom. The second-order valence-electron chi connectivity index (χ2n) is 5.21. The second kappa shape index (κ2) is 6.62. The van der Waals surface area contributed by atoms with E-state index in [-0.39, 0.29) is 6.04 Å². The molecule has 0 saturated carbocycles. The van der Waals surface area contributed by atoms with Crippen molar-refractivity contribution in [1.82, 2.24) is 14.6 Å². The van der Waals surface area contributed by atoms with Gasteiger partial charge >= 0.3 is 0 Å². The quantitative estimate of drug-likeness (QED) is 0.695. The van der Waals surface area contributed by atoms with E-state index < -0.39 is 11.6 Å². The summed E-state index contributed by atoms with van der Waals surface area (Å²) in [6.45, 7) is 1.99. The normalized spacial score (nSPS) is 12.5. The molecule has 0 fully saturated rings. The molecule has 0 radical (unpaired) electrons. The van der Waals surface area contributed by atoms with Crippen molar-refractivity contribution in [3.63, 3.8) is 0 Å². The predicted octanol–water partition coefficient (Wildman–Crippen LogP) is 4.72. The number of aromatic nitrogens is 3. The van der Waals surface area contributed by atoms with Crippen LogP contribution >= 0.6 is 15.9 Å². The second-order valence-corrected chi connectivity index (χ2v) is 6.07. The summed E-state index contributed by atoms with van der Waals surface area (Å²) < 4.78 is 30.1. The summed E-state index contributed by atoms with van der Waals surface area (Å²) in [5.41, 5.74) is 1.05. The van der Waals surface area contributed by atoms with Gasteiger partial charge in [0.2, 0.25) is 0 Å². The zero-order valence-corrected chi connectivity index (χ0v) is 14.0. The molecule has 23 heavy (non-hydrogen) atoms. The van der Waals surface area contributed by atoms with Gasteiger partial charge in [-0.15, -0.1) is 0 Å². The summed E-state index contributed by atoms with van der Waals surface area (Å²) in [5, 5.41) is 7.42. The lowest BCUT2D eigenvalue weighted by molar-refractivity contribution is 0.557. The van der Waals surface area contributed by atoms with Gasteiger partial charge in [0, 0.05) is 18.0 Å². The van der Waals surface area contributed by atoms with E-state index in [4.69, 9.17) is 0 Å². The number of hydrogen-bond donors (Lipinski definition) is 1. The Kier molecular flexibility index (Phi) is 4.56. The molecule has 0 saturated heterocycles. The van der Waals surface area contributed by atoms with Crippen molar-refractivity contribution < 1.29 is 8.78 Å². The summed E-state index contributed by atoms with van der Waals surface area (Å²) in [5.74, 6) is -0.322. The van der Waals surface area contributed by atoms with Crippen LogP contribution in [0, 0.1) is 11.6 Å². The highest BCUT2D eigenvalue weighted by atomic mass is 79.9. The van der Waals surface area contributed by atoms with E-state index in [0.717, 1.165) is 28.5 Å². The van der Waals surface area contributed by atoms with Crippen LogP contribution in [-0.4, -0.2) is 14.6 Å². The van der Waals surface area contributed by atoms with E-state index in [1.54, 1.807) is 23.1 Å². The maximum Gasteiger partial charge on any atom is 0.153 e. The molecule has 1 atom stereocenters. The number of hydrogen-bond acceptors (Lipinski definition) is 3. The molecule has 4 nitrogen and oxygen atoms in total. The lowest BCUT2D eigenvalue weighted by atomic mass is 10.0. The molecule has 7 heteroatoms. The van der Waals surface area contributed by atoms with Crippen molar-refractivity contribution >= 4 is 27.3 Å². The Hall–Kier alpha value is -2.02. The van der Waals surface area contributed by atoms with Crippen LogP contribution in [0.5, 0.6) is 0 Å². The van der Waals surface area contributed by atoms with E-state index in [0.29, 0.717) is 17.8 Å². The lowest BCUT2D eigenvalue weighted by Crippen LogP contribution is -2.14. The van der Waals surface area contributed by atoms with E-state index in [9.17, 15) is 8.78 Å². The Labute approximate surface area is 140 Å². The Balaban J connectivity index is 2.02. The smallest absolute Gasteiger partial charge is 0.153 e. The molecule has 3 rings (SSSR count). The Morgan fingerprint density at radius 1 is 1.35 bits per heavy atom. The van der Waals surface area contributed by atoms with Gasteiger partial charge in [-0.1, -0.05) is 13.3 Å². The predicted molar refractivity (Wildman–Crippen MR) is 88.3 cm³/mol. The van der Waals surface area contributed by atoms with Crippen LogP contribution in [0.25, 0.3) is 5.52 Å². The molecule has 1 unspecified atom stereocenters. The monoisotopic (exact) mass is 380 g/mol. The molecule has 0 aliphatic heterocycles. The molecule has 120 valence electrons. The zero-order valence-electron chi connectivity index (χ0n) is 12.4. The standard InChI is InChI=1S/C16H15BrF2N4/c1-2-3-14(11-8-10(18)4-5-13(11)19)22-16-15-12(17)9-21-23(15)7-6-20-16/h4-9,14H,2-3H2,1H3,(H,20,22). The highest BCUT2D eigenvalue weighted by molar-refractivity contribution is 9.10. The third-order valence-electron chi connectivity index (χ3n) is 3.61. The number of halogens is 3. The van der Waals surface area contributed by atoms with Gasteiger partial charge in [0.1, 0.15) is 17.2 Å². The third-order valence-corrected chi connectivity index (χ3v) is 4.19. The number of fused-ring (bicyclic) bond motifs is 1. The van der Waals surface area contributed by atoms with Crippen molar-refractivity contribution in [2.45, 2.75) is 25.8 Å². The fourth-order valence-corrected chi connectivity index (χ4v) is 3.02. The molecular formula is C16H15BrF2N4. The van der Waals surface area contributed by atoms with Crippen LogP contribution in [0.4, 0.5) is 14.6 Å². The Bertz CT molecular complexity index is 834. The molecule has 3 aromatic rings. The molecule has 0 bridgehead atoms. The summed E-state index contributed by atoms with van der Waals surface area (Å²) >= 11 is 3.43. The van der Waals surface area contributed by atoms with Crippen LogP contribution < -0.4 is 5.32 Å². The highest BCUT2D eigenvalue weighted by Gasteiger charge is 2.18. The minimum Gasteiger partial charge on any atom is -0.361 e. The van der Waals surface area contributed by atoms with E-state index in [2.05, 4.69) is 31.3 Å². The molecule has 0 amide bonds. The van der Waals surface area contributed by atoms with E-state index in [1.165, 1.54) is 6.07 Å². The largest absolute Gasteiger partial charge is 0.361 e. The van der Waals surface area contributed by atoms with Crippen molar-refractivity contribution in [2.24, 2.45) is 0 Å². The molecule has 2 aromatic heterocycles. The van der Waals surface area contributed by atoms with Gasteiger partial charge in [0.05, 0.1) is 16.7 Å². The first kappa shape index (κ1) is 15.9. The summed E-state index contributed by atoms with van der Waals surface area (Å²) in [7, 11) is 0. The number of nitrogens with zero attached hydrogens (tertiary/aromatic N) is 3. The first-order valence-corrected chi connectivity index (χ1v) is 8.08. The van der Waals surface area contributed by atoms with Crippen LogP contribution in [-0.2, 0) is 0 Å². The van der Waals surface area contributed by atoms with Crippen LogP contribution in [0.2, 0.25) is 0 Å². The SMILES string of the molecule is CCCC(Nc1nccn2ncc(Br)c12)c1cc(F)ccc1F. The van der Waals surface area contributed by atoms with E-state index >= 15 is 0 Å². The third kappa shape index (κ3) is 3.19. The van der Waals surface area contributed by atoms with Gasteiger partial charge in [0.25, 0.3) is 0 Å². The summed E-state index contributed by atoms with van der Waals surface area (Å²) in [4.78, 5) is 4.32. The number of anilines is 1. The highest BCUT2D eigenvalue weighted by Crippen LogP contribution is 2.30. The van der Waals surface area contributed by atoms with Gasteiger partial charge in [-0.05, 0) is 40.5 Å². The molecule has 0 aliphatic rings. The fraction of sp³-hybridized carbons (Fsp3) is 0.250. The van der Waals surface area contributed by atoms with Crippen LogP contribution in [0.1, 0.15) is 31.4 Å². The van der Waals surface area contributed by atoms with Gasteiger partial charge in [0.15, 0.2) is 5.82 Å². The minimum atomic E-state index is -0.457. The fourth-order valence-electron chi connectivity index (χ4n) is 2.55. The topological polar surface area (TPSA) is 42.2 Å². The molecular weight excluding hydrogens is 366 g/mol. The molecule has 2 heterocycles.